The number of nitrogens with two attached hydrogens (primary N) is 1. The third-order valence-corrected chi connectivity index (χ3v) is 4.64. The Morgan fingerprint density at radius 1 is 1.32 bits per heavy atom. The van der Waals surface area contributed by atoms with Crippen LogP contribution in [0.5, 0.6) is 0 Å². The van der Waals surface area contributed by atoms with Crippen LogP contribution in [0.3, 0.4) is 0 Å². The molecule has 1 unspecified atom stereocenters. The van der Waals surface area contributed by atoms with Crippen LogP contribution in [0, 0.1) is 0 Å². The lowest BCUT2D eigenvalue weighted by molar-refractivity contribution is -0.126. The van der Waals surface area contributed by atoms with Gasteiger partial charge in [-0.05, 0) is 31.4 Å². The maximum atomic E-state index is 11.7. The van der Waals surface area contributed by atoms with E-state index >= 15 is 0 Å². The molecule has 1 aliphatic heterocycles. The minimum atomic E-state index is 0.114. The Morgan fingerprint density at radius 2 is 2.00 bits per heavy atom. The van der Waals surface area contributed by atoms with Crippen LogP contribution < -0.4 is 10.7 Å². The lowest BCUT2D eigenvalue weighted by Gasteiger charge is -2.31. The van der Waals surface area contributed by atoms with Gasteiger partial charge < -0.3 is 5.73 Å². The third kappa shape index (κ3) is 1.82. The summed E-state index contributed by atoms with van der Waals surface area (Å²) < 4.78 is 0. The Hall–Kier alpha value is -1.55. The summed E-state index contributed by atoms with van der Waals surface area (Å²) >= 11 is 0. The predicted molar refractivity (Wildman–Crippen MR) is 75.7 cm³/mol. The number of amides is 1. The number of carbonyl (C=O) groups is 1. The largest absolute Gasteiger partial charge is 0.327 e. The first-order chi connectivity index (χ1) is 9.06. The highest BCUT2D eigenvalue weighted by molar-refractivity contribution is 5.82. The smallest absolute Gasteiger partial charge is 0.242 e. The van der Waals surface area contributed by atoms with E-state index in [0.29, 0.717) is 6.42 Å². The highest BCUT2D eigenvalue weighted by atomic mass is 16.2. The average molecular weight is 259 g/mol. The molecule has 1 atom stereocenters. The van der Waals surface area contributed by atoms with Crippen LogP contribution in [0.1, 0.15) is 31.7 Å². The zero-order valence-electron chi connectivity index (χ0n) is 11.6. The van der Waals surface area contributed by atoms with E-state index in [1.807, 2.05) is 13.1 Å². The number of hydrogen-bond acceptors (Lipinski definition) is 3. The Kier molecular flexibility index (Phi) is 2.78. The van der Waals surface area contributed by atoms with Crippen molar-refractivity contribution in [1.82, 2.24) is 5.01 Å². The molecule has 2 N–H and O–H groups in total. The Labute approximate surface area is 114 Å². The van der Waals surface area contributed by atoms with E-state index in [2.05, 4.69) is 30.1 Å². The van der Waals surface area contributed by atoms with Gasteiger partial charge in [0.2, 0.25) is 5.91 Å². The van der Waals surface area contributed by atoms with Crippen LogP contribution in [0.4, 0.5) is 5.69 Å². The summed E-state index contributed by atoms with van der Waals surface area (Å²) in [6.07, 6.45) is 2.89. The topological polar surface area (TPSA) is 49.6 Å². The molecule has 1 saturated heterocycles. The van der Waals surface area contributed by atoms with Gasteiger partial charge >= 0.3 is 0 Å². The van der Waals surface area contributed by atoms with E-state index in [-0.39, 0.29) is 17.4 Å². The van der Waals surface area contributed by atoms with Gasteiger partial charge in [-0.25, -0.2) is 0 Å². The molecule has 1 heterocycles. The molecule has 1 saturated carbocycles. The molecule has 4 nitrogen and oxygen atoms in total. The Bertz CT molecular complexity index is 508. The van der Waals surface area contributed by atoms with E-state index < -0.39 is 0 Å². The number of nitrogens with zero attached hydrogens (tertiary/aromatic N) is 2. The van der Waals surface area contributed by atoms with Crippen molar-refractivity contribution in [1.29, 1.82) is 0 Å². The number of para-hydroxylation sites is 1. The summed E-state index contributed by atoms with van der Waals surface area (Å²) in [6.45, 7) is 2.85. The van der Waals surface area contributed by atoms with Crippen molar-refractivity contribution in [2.45, 2.75) is 37.6 Å². The molecule has 0 radical (unpaired) electrons. The Balaban J connectivity index is 2.01. The Morgan fingerprint density at radius 3 is 2.53 bits per heavy atom. The van der Waals surface area contributed by atoms with Gasteiger partial charge in [-0.2, -0.15) is 0 Å². The van der Waals surface area contributed by atoms with Crippen molar-refractivity contribution in [3.63, 3.8) is 0 Å². The summed E-state index contributed by atoms with van der Waals surface area (Å²) in [5, 5.41) is 3.82. The number of hydrazine groups is 1. The van der Waals surface area contributed by atoms with Gasteiger partial charge in [0.25, 0.3) is 0 Å². The minimum absolute atomic E-state index is 0.114. The van der Waals surface area contributed by atoms with Gasteiger partial charge in [-0.1, -0.05) is 18.2 Å². The average Bonchev–Trinajstić information content (AvgIpc) is 3.14. The first-order valence-electron chi connectivity index (χ1n) is 6.95. The first kappa shape index (κ1) is 12.5. The van der Waals surface area contributed by atoms with Gasteiger partial charge in [0.15, 0.2) is 0 Å². The van der Waals surface area contributed by atoms with Gasteiger partial charge in [-0.3, -0.25) is 14.8 Å². The number of hydrogen-bond donors (Lipinski definition) is 1. The quantitative estimate of drug-likeness (QED) is 0.898. The van der Waals surface area contributed by atoms with E-state index in [1.54, 1.807) is 5.01 Å². The molecule has 19 heavy (non-hydrogen) atoms. The molecule has 3 rings (SSSR count). The molecule has 1 aromatic carbocycles. The van der Waals surface area contributed by atoms with Gasteiger partial charge in [0, 0.05) is 31.5 Å². The lowest BCUT2D eigenvalue weighted by atomic mass is 9.88. The first-order valence-corrected chi connectivity index (χ1v) is 6.95. The summed E-state index contributed by atoms with van der Waals surface area (Å²) in [6, 6.07) is 8.53. The number of benzene rings is 1. The van der Waals surface area contributed by atoms with E-state index in [0.717, 1.165) is 25.1 Å². The van der Waals surface area contributed by atoms with Crippen LogP contribution in [0.2, 0.25) is 0 Å². The van der Waals surface area contributed by atoms with Crippen LogP contribution in [0.15, 0.2) is 24.3 Å². The molecule has 2 fully saturated rings. The number of carbonyl (C=O) groups excluding carboxylic acids is 1. The van der Waals surface area contributed by atoms with E-state index in [4.69, 9.17) is 5.73 Å². The zero-order chi connectivity index (χ0) is 13.6. The van der Waals surface area contributed by atoms with Crippen molar-refractivity contribution < 1.29 is 4.79 Å². The van der Waals surface area contributed by atoms with Gasteiger partial charge in [0.1, 0.15) is 0 Å². The normalized spacial score (nSPS) is 22.8. The molecule has 1 aliphatic carbocycles. The standard InChI is InChI=1S/C15H21N3O/c1-11(16)15(8-9-15)12-5-3-4-6-13(12)18-10-7-14(19)17(18)2/h3-6,11H,7-10,16H2,1-2H3. The van der Waals surface area contributed by atoms with E-state index in [1.165, 1.54) is 5.56 Å². The molecule has 0 aromatic heterocycles. The second-order valence-electron chi connectivity index (χ2n) is 5.75. The molecule has 0 spiro atoms. The van der Waals surface area contributed by atoms with Crippen molar-refractivity contribution in [2.24, 2.45) is 5.73 Å². The van der Waals surface area contributed by atoms with Crippen LogP contribution in [-0.4, -0.2) is 30.6 Å². The van der Waals surface area contributed by atoms with Gasteiger partial charge in [-0.15, -0.1) is 0 Å². The lowest BCUT2D eigenvalue weighted by Crippen LogP contribution is -2.38. The molecule has 1 aromatic rings. The molecule has 4 heteroatoms. The fourth-order valence-corrected chi connectivity index (χ4v) is 3.15. The fraction of sp³-hybridized carbons (Fsp3) is 0.533. The summed E-state index contributed by atoms with van der Waals surface area (Å²) in [5.41, 5.74) is 8.75. The SMILES string of the molecule is CC(N)C1(c2ccccc2N2CCC(=O)N2C)CC1. The van der Waals surface area contributed by atoms with Crippen LogP contribution in [-0.2, 0) is 10.2 Å². The molecular formula is C15H21N3O. The van der Waals surface area contributed by atoms with Gasteiger partial charge in [0.05, 0.1) is 5.69 Å². The molecule has 0 bridgehead atoms. The molecule has 1 amide bonds. The van der Waals surface area contributed by atoms with E-state index in [9.17, 15) is 4.79 Å². The third-order valence-electron chi connectivity index (χ3n) is 4.64. The summed E-state index contributed by atoms with van der Waals surface area (Å²) in [4.78, 5) is 11.7. The summed E-state index contributed by atoms with van der Waals surface area (Å²) in [7, 11) is 1.84. The zero-order valence-corrected chi connectivity index (χ0v) is 11.6. The highest BCUT2D eigenvalue weighted by Gasteiger charge is 2.49. The van der Waals surface area contributed by atoms with Crippen molar-refractivity contribution in [3.05, 3.63) is 29.8 Å². The minimum Gasteiger partial charge on any atom is -0.327 e. The highest BCUT2D eigenvalue weighted by Crippen LogP contribution is 2.53. The van der Waals surface area contributed by atoms with Crippen molar-refractivity contribution >= 4 is 11.6 Å². The number of anilines is 1. The fourth-order valence-electron chi connectivity index (χ4n) is 3.15. The van der Waals surface area contributed by atoms with Crippen molar-refractivity contribution in [3.8, 4) is 0 Å². The van der Waals surface area contributed by atoms with Crippen LogP contribution >= 0.6 is 0 Å². The molecule has 102 valence electrons. The summed E-state index contributed by atoms with van der Waals surface area (Å²) in [5.74, 6) is 0.181. The maximum absolute atomic E-state index is 11.7. The maximum Gasteiger partial charge on any atom is 0.242 e. The van der Waals surface area contributed by atoms with Crippen molar-refractivity contribution in [2.75, 3.05) is 18.6 Å². The monoisotopic (exact) mass is 259 g/mol. The molecule has 2 aliphatic rings. The molecular weight excluding hydrogens is 238 g/mol. The second kappa shape index (κ2) is 4.23. The predicted octanol–water partition coefficient (Wildman–Crippen LogP) is 1.65. The number of rotatable bonds is 3. The second-order valence-corrected chi connectivity index (χ2v) is 5.75. The van der Waals surface area contributed by atoms with Crippen LogP contribution in [0.25, 0.3) is 0 Å².